The molecule has 0 aliphatic heterocycles. The van der Waals surface area contributed by atoms with Crippen molar-refractivity contribution in [2.24, 2.45) is 0 Å². The van der Waals surface area contributed by atoms with Gasteiger partial charge in [-0.25, -0.2) is 4.79 Å². The molecule has 0 aromatic heterocycles. The van der Waals surface area contributed by atoms with Gasteiger partial charge in [-0.05, 0) is 38.5 Å². The first kappa shape index (κ1) is 72.0. The number of carbonyl (C=O) groups is 3. The van der Waals surface area contributed by atoms with E-state index in [1.807, 2.05) is 21.1 Å². The Balaban J connectivity index is 4.05. The summed E-state index contributed by atoms with van der Waals surface area (Å²) in [6.45, 7) is 4.93. The van der Waals surface area contributed by atoms with Crippen molar-refractivity contribution in [2.75, 3.05) is 47.5 Å². The zero-order valence-electron chi connectivity index (χ0n) is 50.0. The van der Waals surface area contributed by atoms with Crippen LogP contribution in [0.4, 0.5) is 0 Å². The van der Waals surface area contributed by atoms with Gasteiger partial charge in [0.2, 0.25) is 0 Å². The maximum Gasteiger partial charge on any atom is 0.361 e. The fourth-order valence-corrected chi connectivity index (χ4v) is 9.78. The molecule has 1 N–H and O–H groups in total. The van der Waals surface area contributed by atoms with E-state index in [4.69, 9.17) is 18.9 Å². The molecule has 0 radical (unpaired) electrons. The second-order valence-corrected chi connectivity index (χ2v) is 23.4. The van der Waals surface area contributed by atoms with Crippen LogP contribution >= 0.6 is 0 Å². The monoisotopic (exact) mass is 1050 g/mol. The summed E-state index contributed by atoms with van der Waals surface area (Å²) < 4.78 is 22.9. The van der Waals surface area contributed by atoms with Gasteiger partial charge in [0.05, 0.1) is 34.4 Å². The molecule has 0 rings (SSSR count). The molecule has 0 spiro atoms. The van der Waals surface area contributed by atoms with E-state index in [0.717, 1.165) is 51.4 Å². The number of allylic oxidation sites excluding steroid dienone is 2. The quantitative estimate of drug-likeness (QED) is 0.0211. The minimum Gasteiger partial charge on any atom is -0.477 e. The van der Waals surface area contributed by atoms with E-state index in [1.54, 1.807) is 0 Å². The molecular formula is C65H126NO8+. The first-order chi connectivity index (χ1) is 36.1. The molecule has 2 unspecified atom stereocenters. The van der Waals surface area contributed by atoms with Crippen molar-refractivity contribution in [2.45, 2.75) is 341 Å². The summed E-state index contributed by atoms with van der Waals surface area (Å²) in [7, 11) is 5.98. The second-order valence-electron chi connectivity index (χ2n) is 23.4. The van der Waals surface area contributed by atoms with Crippen molar-refractivity contribution < 1.29 is 42.9 Å². The number of esters is 2. The molecule has 0 saturated heterocycles. The van der Waals surface area contributed by atoms with Gasteiger partial charge in [-0.15, -0.1) is 0 Å². The van der Waals surface area contributed by atoms with Gasteiger partial charge in [-0.3, -0.25) is 9.59 Å². The highest BCUT2D eigenvalue weighted by Crippen LogP contribution is 2.18. The Morgan fingerprint density at radius 1 is 0.392 bits per heavy atom. The summed E-state index contributed by atoms with van der Waals surface area (Å²) in [6.07, 6.45) is 64.6. The van der Waals surface area contributed by atoms with E-state index in [2.05, 4.69) is 26.0 Å². The van der Waals surface area contributed by atoms with Crippen LogP contribution in [0, 0.1) is 0 Å². The van der Waals surface area contributed by atoms with Crippen LogP contribution in [0.3, 0.4) is 0 Å². The number of quaternary nitrogens is 1. The van der Waals surface area contributed by atoms with E-state index in [0.29, 0.717) is 17.4 Å². The van der Waals surface area contributed by atoms with Crippen LogP contribution in [0.1, 0.15) is 328 Å². The van der Waals surface area contributed by atoms with Gasteiger partial charge >= 0.3 is 17.9 Å². The smallest absolute Gasteiger partial charge is 0.361 e. The average Bonchev–Trinajstić information content (AvgIpc) is 3.37. The van der Waals surface area contributed by atoms with Crippen LogP contribution in [0.25, 0.3) is 0 Å². The largest absolute Gasteiger partial charge is 0.477 e. The number of hydrogen-bond donors (Lipinski definition) is 1. The molecule has 0 aliphatic rings. The van der Waals surface area contributed by atoms with Gasteiger partial charge in [-0.2, -0.15) is 0 Å². The lowest BCUT2D eigenvalue weighted by Gasteiger charge is -2.25. The predicted octanol–water partition coefficient (Wildman–Crippen LogP) is 19.3. The standard InChI is InChI=1S/C65H125NO8/c1-6-8-10-12-14-16-18-20-22-24-26-27-28-29-30-31-32-33-34-35-36-37-38-40-41-43-45-47-49-51-53-55-62(67)72-59-61(60-73-65(64(69)70)71-58-57-66(3,4)5)74-63(68)56-54-52-50-48-46-44-42-39-25-23-21-19-17-15-13-11-9-7-2/h23,25,61,65H,6-22,24,26-60H2,1-5H3/p+1/b25-23-. The number of likely N-dealkylation sites (N-methyl/N-ethyl adjacent to an activating group) is 1. The molecule has 0 saturated carbocycles. The Morgan fingerprint density at radius 2 is 0.689 bits per heavy atom. The van der Waals surface area contributed by atoms with Gasteiger partial charge in [0.1, 0.15) is 13.2 Å². The van der Waals surface area contributed by atoms with E-state index < -0.39 is 24.3 Å². The number of carbonyl (C=O) groups excluding carboxylic acids is 2. The van der Waals surface area contributed by atoms with E-state index in [1.165, 1.54) is 250 Å². The molecule has 0 heterocycles. The first-order valence-electron chi connectivity index (χ1n) is 32.4. The number of carboxylic acids is 1. The van der Waals surface area contributed by atoms with Gasteiger partial charge in [0.25, 0.3) is 6.29 Å². The Kier molecular flexibility index (Phi) is 55.7. The predicted molar refractivity (Wildman–Crippen MR) is 314 cm³/mol. The maximum absolute atomic E-state index is 12.9. The summed E-state index contributed by atoms with van der Waals surface area (Å²) in [4.78, 5) is 37.5. The van der Waals surface area contributed by atoms with Gasteiger partial charge < -0.3 is 28.5 Å². The number of aliphatic carboxylic acids is 1. The van der Waals surface area contributed by atoms with Crippen molar-refractivity contribution >= 4 is 17.9 Å². The normalized spacial score (nSPS) is 12.7. The molecule has 9 nitrogen and oxygen atoms in total. The number of unbranched alkanes of at least 4 members (excludes halogenated alkanes) is 44. The third-order valence-electron chi connectivity index (χ3n) is 14.8. The second kappa shape index (κ2) is 57.2. The van der Waals surface area contributed by atoms with Crippen LogP contribution in [-0.2, 0) is 33.3 Å². The number of nitrogens with zero attached hydrogens (tertiary/aromatic N) is 1. The summed E-state index contributed by atoms with van der Waals surface area (Å²) in [5.74, 6) is -1.98. The molecule has 0 aliphatic carbocycles. The van der Waals surface area contributed by atoms with Gasteiger partial charge in [0.15, 0.2) is 6.10 Å². The topological polar surface area (TPSA) is 108 Å². The lowest BCUT2D eigenvalue weighted by molar-refractivity contribution is -0.870. The summed E-state index contributed by atoms with van der Waals surface area (Å²) in [5, 5.41) is 9.71. The Morgan fingerprint density at radius 3 is 1.00 bits per heavy atom. The molecule has 0 aromatic rings. The molecule has 0 amide bonds. The van der Waals surface area contributed by atoms with Crippen LogP contribution in [-0.4, -0.2) is 87.4 Å². The number of hydrogen-bond acceptors (Lipinski definition) is 7. The highest BCUT2D eigenvalue weighted by molar-refractivity contribution is 5.71. The van der Waals surface area contributed by atoms with Crippen LogP contribution < -0.4 is 0 Å². The van der Waals surface area contributed by atoms with Crippen LogP contribution in [0.2, 0.25) is 0 Å². The average molecular weight is 1050 g/mol. The Labute approximate surface area is 459 Å². The zero-order chi connectivity index (χ0) is 54.1. The molecule has 0 bridgehead atoms. The maximum atomic E-state index is 12.9. The molecule has 0 fully saturated rings. The minimum absolute atomic E-state index is 0.177. The van der Waals surface area contributed by atoms with Gasteiger partial charge in [0, 0.05) is 12.8 Å². The van der Waals surface area contributed by atoms with Crippen molar-refractivity contribution in [3.05, 3.63) is 12.2 Å². The fraction of sp³-hybridized carbons (Fsp3) is 0.923. The lowest BCUT2D eigenvalue weighted by atomic mass is 10.0. The molecule has 9 heteroatoms. The Bertz CT molecular complexity index is 1220. The Hall–Kier alpha value is -1.97. The molecule has 74 heavy (non-hydrogen) atoms. The minimum atomic E-state index is -1.51. The third kappa shape index (κ3) is 57.7. The molecule has 438 valence electrons. The van der Waals surface area contributed by atoms with Crippen LogP contribution in [0.15, 0.2) is 12.2 Å². The highest BCUT2D eigenvalue weighted by Gasteiger charge is 2.25. The number of ether oxygens (including phenoxy) is 4. The van der Waals surface area contributed by atoms with Crippen molar-refractivity contribution in [1.29, 1.82) is 0 Å². The lowest BCUT2D eigenvalue weighted by Crippen LogP contribution is -2.40. The molecule has 0 aromatic carbocycles. The fourth-order valence-electron chi connectivity index (χ4n) is 9.78. The molecule has 2 atom stereocenters. The van der Waals surface area contributed by atoms with Crippen molar-refractivity contribution in [1.82, 2.24) is 0 Å². The number of carboxylic acid groups (broad SMARTS) is 1. The summed E-state index contributed by atoms with van der Waals surface area (Å²) >= 11 is 0. The van der Waals surface area contributed by atoms with Crippen LogP contribution in [0.5, 0.6) is 0 Å². The summed E-state index contributed by atoms with van der Waals surface area (Å²) in [6, 6.07) is 0. The zero-order valence-corrected chi connectivity index (χ0v) is 50.0. The van der Waals surface area contributed by atoms with Crippen molar-refractivity contribution in [3.8, 4) is 0 Å². The van der Waals surface area contributed by atoms with E-state index in [-0.39, 0.29) is 32.2 Å². The van der Waals surface area contributed by atoms with Crippen molar-refractivity contribution in [3.63, 3.8) is 0 Å². The van der Waals surface area contributed by atoms with E-state index in [9.17, 15) is 19.5 Å². The van der Waals surface area contributed by atoms with E-state index >= 15 is 0 Å². The summed E-state index contributed by atoms with van der Waals surface area (Å²) in [5.41, 5.74) is 0. The number of rotatable bonds is 61. The highest BCUT2D eigenvalue weighted by atomic mass is 16.7. The SMILES string of the molecule is CCCCCCCCC/C=C\CCCCCCCCCC(=O)OC(COC(=O)CCCCCCCCCCCCCCCCCCCCCCCCCCCCCCCCC)COC(OCC[N+](C)(C)C)C(=O)O. The molecular weight excluding hydrogens is 923 g/mol. The third-order valence-corrected chi connectivity index (χ3v) is 14.8. The van der Waals surface area contributed by atoms with Gasteiger partial charge in [-0.1, -0.05) is 289 Å². The first-order valence-corrected chi connectivity index (χ1v) is 32.4.